The molecule has 0 heterocycles. The summed E-state index contributed by atoms with van der Waals surface area (Å²) in [6, 6.07) is 5.43. The Bertz CT molecular complexity index is 489. The standard InChI is InChI=1S/C15H19NO2S/c1-12-6-7-14(11-13(12)5-3-9-17)15(18)16-8-4-10-19-2/h6-7,11,17H,4,8-10H2,1-2H3,(H,16,18). The van der Waals surface area contributed by atoms with E-state index in [4.69, 9.17) is 5.11 Å². The molecule has 0 aliphatic rings. The number of aryl methyl sites for hydroxylation is 1. The van der Waals surface area contributed by atoms with Crippen molar-refractivity contribution in [1.29, 1.82) is 0 Å². The molecule has 0 atom stereocenters. The molecule has 0 spiro atoms. The summed E-state index contributed by atoms with van der Waals surface area (Å²) in [5.74, 6) is 6.42. The Morgan fingerprint density at radius 1 is 1.47 bits per heavy atom. The molecule has 4 heteroatoms. The fourth-order valence-corrected chi connectivity index (χ4v) is 1.99. The molecular weight excluding hydrogens is 258 g/mol. The number of aliphatic hydroxyl groups is 1. The first-order valence-corrected chi connectivity index (χ1v) is 7.56. The van der Waals surface area contributed by atoms with Crippen LogP contribution in [0.4, 0.5) is 0 Å². The van der Waals surface area contributed by atoms with Crippen LogP contribution in [0.15, 0.2) is 18.2 Å². The molecule has 0 aliphatic heterocycles. The lowest BCUT2D eigenvalue weighted by atomic mass is 10.0. The van der Waals surface area contributed by atoms with Crippen LogP contribution in [-0.2, 0) is 0 Å². The Kier molecular flexibility index (Phi) is 7.09. The monoisotopic (exact) mass is 277 g/mol. The van der Waals surface area contributed by atoms with Crippen LogP contribution in [-0.4, -0.2) is 36.2 Å². The van der Waals surface area contributed by atoms with Crippen LogP contribution < -0.4 is 5.32 Å². The minimum absolute atomic E-state index is 0.0758. The second-order valence-electron chi connectivity index (χ2n) is 4.09. The van der Waals surface area contributed by atoms with Gasteiger partial charge < -0.3 is 10.4 Å². The molecule has 1 rings (SSSR count). The van der Waals surface area contributed by atoms with Crippen LogP contribution in [0.1, 0.15) is 27.9 Å². The number of thioether (sulfide) groups is 1. The summed E-state index contributed by atoms with van der Waals surface area (Å²) >= 11 is 1.77. The van der Waals surface area contributed by atoms with Crippen molar-refractivity contribution >= 4 is 17.7 Å². The number of amides is 1. The van der Waals surface area contributed by atoms with Crippen molar-refractivity contribution in [2.75, 3.05) is 25.2 Å². The van der Waals surface area contributed by atoms with E-state index in [1.807, 2.05) is 19.2 Å². The Balaban J connectivity index is 2.70. The van der Waals surface area contributed by atoms with Gasteiger partial charge in [0.15, 0.2) is 0 Å². The summed E-state index contributed by atoms with van der Waals surface area (Å²) in [6.07, 6.45) is 3.02. The van der Waals surface area contributed by atoms with E-state index >= 15 is 0 Å². The number of benzene rings is 1. The van der Waals surface area contributed by atoms with Crippen molar-refractivity contribution in [1.82, 2.24) is 5.32 Å². The van der Waals surface area contributed by atoms with E-state index in [2.05, 4.69) is 17.2 Å². The number of hydrogen-bond acceptors (Lipinski definition) is 3. The fourth-order valence-electron chi connectivity index (χ4n) is 1.55. The third-order valence-corrected chi connectivity index (χ3v) is 3.31. The smallest absolute Gasteiger partial charge is 0.251 e. The highest BCUT2D eigenvalue weighted by atomic mass is 32.2. The van der Waals surface area contributed by atoms with Gasteiger partial charge in [0, 0.05) is 17.7 Å². The average molecular weight is 277 g/mol. The molecule has 1 aromatic rings. The molecule has 1 amide bonds. The van der Waals surface area contributed by atoms with E-state index in [9.17, 15) is 4.79 Å². The SMILES string of the molecule is CSCCCNC(=O)c1ccc(C)c(C#CCO)c1. The van der Waals surface area contributed by atoms with Gasteiger partial charge in [-0.25, -0.2) is 0 Å². The lowest BCUT2D eigenvalue weighted by Gasteiger charge is -2.06. The predicted octanol–water partition coefficient (Wildman–Crippen LogP) is 1.82. The maximum atomic E-state index is 11.9. The van der Waals surface area contributed by atoms with E-state index in [-0.39, 0.29) is 12.5 Å². The Labute approximate surface area is 118 Å². The zero-order valence-electron chi connectivity index (χ0n) is 11.3. The molecule has 3 nitrogen and oxygen atoms in total. The van der Waals surface area contributed by atoms with Crippen molar-refractivity contribution in [3.63, 3.8) is 0 Å². The van der Waals surface area contributed by atoms with Crippen molar-refractivity contribution in [2.45, 2.75) is 13.3 Å². The molecule has 0 aliphatic carbocycles. The maximum absolute atomic E-state index is 11.9. The molecule has 0 bridgehead atoms. The zero-order valence-corrected chi connectivity index (χ0v) is 12.1. The zero-order chi connectivity index (χ0) is 14.1. The first-order valence-electron chi connectivity index (χ1n) is 6.16. The summed E-state index contributed by atoms with van der Waals surface area (Å²) in [5, 5.41) is 11.6. The fraction of sp³-hybridized carbons (Fsp3) is 0.400. The van der Waals surface area contributed by atoms with Gasteiger partial charge in [0.2, 0.25) is 0 Å². The molecule has 0 saturated heterocycles. The summed E-state index contributed by atoms with van der Waals surface area (Å²) in [5.41, 5.74) is 2.39. The molecule has 0 unspecified atom stereocenters. The summed E-state index contributed by atoms with van der Waals surface area (Å²) in [7, 11) is 0. The van der Waals surface area contributed by atoms with Gasteiger partial charge in [0.25, 0.3) is 5.91 Å². The second kappa shape index (κ2) is 8.63. The summed E-state index contributed by atoms with van der Waals surface area (Å²) in [6.45, 7) is 2.44. The summed E-state index contributed by atoms with van der Waals surface area (Å²) < 4.78 is 0. The number of hydrogen-bond donors (Lipinski definition) is 2. The van der Waals surface area contributed by atoms with Gasteiger partial charge in [0.1, 0.15) is 6.61 Å². The molecule has 102 valence electrons. The molecule has 0 fully saturated rings. The van der Waals surface area contributed by atoms with Crippen LogP contribution in [0.25, 0.3) is 0 Å². The highest BCUT2D eigenvalue weighted by molar-refractivity contribution is 7.98. The minimum Gasteiger partial charge on any atom is -0.384 e. The van der Waals surface area contributed by atoms with Crippen LogP contribution in [0, 0.1) is 18.8 Å². The number of carbonyl (C=O) groups excluding carboxylic acids is 1. The van der Waals surface area contributed by atoms with Gasteiger partial charge in [-0.15, -0.1) is 0 Å². The first-order chi connectivity index (χ1) is 9.19. The number of carbonyl (C=O) groups is 1. The van der Waals surface area contributed by atoms with E-state index in [1.165, 1.54) is 0 Å². The highest BCUT2D eigenvalue weighted by Crippen LogP contribution is 2.10. The topological polar surface area (TPSA) is 49.3 Å². The number of nitrogens with one attached hydrogen (secondary N) is 1. The van der Waals surface area contributed by atoms with Crippen LogP contribution in [0.2, 0.25) is 0 Å². The normalized spacial score (nSPS) is 9.63. The molecule has 0 radical (unpaired) electrons. The van der Waals surface area contributed by atoms with Crippen molar-refractivity contribution in [3.05, 3.63) is 34.9 Å². The Morgan fingerprint density at radius 2 is 2.26 bits per heavy atom. The van der Waals surface area contributed by atoms with E-state index in [1.54, 1.807) is 23.9 Å². The van der Waals surface area contributed by atoms with E-state index < -0.39 is 0 Å². The van der Waals surface area contributed by atoms with Crippen LogP contribution >= 0.6 is 11.8 Å². The first kappa shape index (κ1) is 15.6. The third kappa shape index (κ3) is 5.37. The second-order valence-corrected chi connectivity index (χ2v) is 5.08. The molecule has 1 aromatic carbocycles. The Morgan fingerprint density at radius 3 is 2.95 bits per heavy atom. The van der Waals surface area contributed by atoms with E-state index in [0.717, 1.165) is 23.3 Å². The van der Waals surface area contributed by atoms with Gasteiger partial charge in [-0.2, -0.15) is 11.8 Å². The molecular formula is C15H19NO2S. The summed E-state index contributed by atoms with van der Waals surface area (Å²) in [4.78, 5) is 11.9. The van der Waals surface area contributed by atoms with Crippen molar-refractivity contribution < 1.29 is 9.90 Å². The molecule has 2 N–H and O–H groups in total. The maximum Gasteiger partial charge on any atom is 0.251 e. The van der Waals surface area contributed by atoms with Crippen LogP contribution in [0.3, 0.4) is 0 Å². The van der Waals surface area contributed by atoms with Gasteiger partial charge in [-0.1, -0.05) is 17.9 Å². The van der Waals surface area contributed by atoms with Gasteiger partial charge in [-0.3, -0.25) is 4.79 Å². The third-order valence-electron chi connectivity index (χ3n) is 2.61. The number of rotatable bonds is 5. The molecule has 0 aromatic heterocycles. The van der Waals surface area contributed by atoms with Gasteiger partial charge in [0.05, 0.1) is 0 Å². The average Bonchev–Trinajstić information content (AvgIpc) is 2.42. The van der Waals surface area contributed by atoms with Gasteiger partial charge >= 0.3 is 0 Å². The van der Waals surface area contributed by atoms with Crippen molar-refractivity contribution in [3.8, 4) is 11.8 Å². The largest absolute Gasteiger partial charge is 0.384 e. The van der Waals surface area contributed by atoms with E-state index in [0.29, 0.717) is 12.1 Å². The van der Waals surface area contributed by atoms with Crippen LogP contribution in [0.5, 0.6) is 0 Å². The van der Waals surface area contributed by atoms with Crippen molar-refractivity contribution in [2.24, 2.45) is 0 Å². The molecule has 19 heavy (non-hydrogen) atoms. The van der Waals surface area contributed by atoms with Gasteiger partial charge in [-0.05, 0) is 43.0 Å². The lowest BCUT2D eigenvalue weighted by Crippen LogP contribution is -2.24. The lowest BCUT2D eigenvalue weighted by molar-refractivity contribution is 0.0954. The Hall–Kier alpha value is -1.44. The molecule has 0 saturated carbocycles. The highest BCUT2D eigenvalue weighted by Gasteiger charge is 2.06. The predicted molar refractivity (Wildman–Crippen MR) is 80.5 cm³/mol. The minimum atomic E-state index is -0.176. The number of aliphatic hydroxyl groups excluding tert-OH is 1. The quantitative estimate of drug-likeness (QED) is 0.637.